The van der Waals surface area contributed by atoms with Crippen LogP contribution >= 0.6 is 11.6 Å². The fourth-order valence-corrected chi connectivity index (χ4v) is 2.43. The lowest BCUT2D eigenvalue weighted by molar-refractivity contribution is 0.0366. The summed E-state index contributed by atoms with van der Waals surface area (Å²) in [6.07, 6.45) is 1.45. The molecule has 2 unspecified atom stereocenters. The van der Waals surface area contributed by atoms with Gasteiger partial charge in [0.05, 0.1) is 18.8 Å². The number of halogens is 2. The number of benzene rings is 1. The number of carbonyl (C=O) groups is 1. The second-order valence-corrected chi connectivity index (χ2v) is 5.87. The molecule has 0 aliphatic carbocycles. The van der Waals surface area contributed by atoms with E-state index >= 15 is 0 Å². The van der Waals surface area contributed by atoms with Gasteiger partial charge in [0.25, 0.3) is 0 Å². The number of amides is 2. The molecule has 124 valence electrons. The van der Waals surface area contributed by atoms with Gasteiger partial charge in [0.15, 0.2) is 0 Å². The fraction of sp³-hybridized carbons (Fsp3) is 0.312. The van der Waals surface area contributed by atoms with Gasteiger partial charge in [-0.3, -0.25) is 0 Å². The number of aliphatic hydroxyl groups is 1. The normalized spacial score (nSPS) is 14.8. The molecule has 2 amide bonds. The van der Waals surface area contributed by atoms with Crippen LogP contribution in [-0.2, 0) is 5.60 Å². The molecule has 0 spiro atoms. The maximum absolute atomic E-state index is 13.0. The van der Waals surface area contributed by atoms with E-state index in [-0.39, 0.29) is 11.6 Å². The molecular weight excluding hydrogens is 323 g/mol. The average molecular weight is 341 g/mol. The summed E-state index contributed by atoms with van der Waals surface area (Å²) in [4.78, 5) is 11.9. The van der Waals surface area contributed by atoms with Crippen LogP contribution in [0.1, 0.15) is 31.2 Å². The maximum Gasteiger partial charge on any atom is 0.315 e. The van der Waals surface area contributed by atoms with Crippen molar-refractivity contribution in [3.05, 3.63) is 58.8 Å². The van der Waals surface area contributed by atoms with E-state index in [1.54, 1.807) is 19.1 Å². The van der Waals surface area contributed by atoms with Gasteiger partial charge in [0.1, 0.15) is 17.2 Å². The molecule has 1 aromatic heterocycles. The first kappa shape index (κ1) is 17.3. The van der Waals surface area contributed by atoms with Crippen molar-refractivity contribution < 1.29 is 18.7 Å². The highest BCUT2D eigenvalue weighted by Crippen LogP contribution is 2.24. The molecule has 2 aromatic rings. The summed E-state index contributed by atoms with van der Waals surface area (Å²) >= 11 is 5.96. The predicted molar refractivity (Wildman–Crippen MR) is 84.6 cm³/mol. The summed E-state index contributed by atoms with van der Waals surface area (Å²) in [7, 11) is 0. The molecular formula is C16H18ClFN2O3. The number of carbonyl (C=O) groups excluding carboxylic acids is 1. The van der Waals surface area contributed by atoms with Crippen LogP contribution in [0.5, 0.6) is 0 Å². The summed E-state index contributed by atoms with van der Waals surface area (Å²) in [5, 5.41) is 15.7. The zero-order valence-electron chi connectivity index (χ0n) is 12.8. The minimum atomic E-state index is -1.32. The van der Waals surface area contributed by atoms with Crippen molar-refractivity contribution in [1.29, 1.82) is 0 Å². The topological polar surface area (TPSA) is 74.5 Å². The van der Waals surface area contributed by atoms with Crippen molar-refractivity contribution in [2.45, 2.75) is 25.5 Å². The highest BCUT2D eigenvalue weighted by atomic mass is 35.5. The molecule has 0 saturated carbocycles. The zero-order chi connectivity index (χ0) is 17.0. The van der Waals surface area contributed by atoms with Crippen molar-refractivity contribution >= 4 is 17.6 Å². The van der Waals surface area contributed by atoms with E-state index in [0.717, 1.165) is 0 Å². The molecule has 1 aromatic carbocycles. The molecule has 3 N–H and O–H groups in total. The third-order valence-corrected chi connectivity index (χ3v) is 3.75. The Morgan fingerprint density at radius 1 is 1.48 bits per heavy atom. The van der Waals surface area contributed by atoms with Crippen LogP contribution in [0.3, 0.4) is 0 Å². The lowest BCUT2D eigenvalue weighted by Gasteiger charge is -2.22. The van der Waals surface area contributed by atoms with Gasteiger partial charge in [-0.2, -0.15) is 0 Å². The summed E-state index contributed by atoms with van der Waals surface area (Å²) in [5.41, 5.74) is -0.724. The molecule has 1 heterocycles. The Morgan fingerprint density at radius 2 is 2.22 bits per heavy atom. The van der Waals surface area contributed by atoms with E-state index in [1.165, 1.54) is 31.4 Å². The van der Waals surface area contributed by atoms with Crippen molar-refractivity contribution in [2.24, 2.45) is 0 Å². The van der Waals surface area contributed by atoms with Gasteiger partial charge >= 0.3 is 6.03 Å². The first-order valence-corrected chi connectivity index (χ1v) is 7.43. The number of hydrogen-bond acceptors (Lipinski definition) is 3. The van der Waals surface area contributed by atoms with Gasteiger partial charge in [0, 0.05) is 5.02 Å². The zero-order valence-corrected chi connectivity index (χ0v) is 13.5. The smallest absolute Gasteiger partial charge is 0.315 e. The fourth-order valence-electron chi connectivity index (χ4n) is 2.10. The molecule has 0 fully saturated rings. The third-order valence-electron chi connectivity index (χ3n) is 3.42. The van der Waals surface area contributed by atoms with Gasteiger partial charge in [-0.25, -0.2) is 9.18 Å². The van der Waals surface area contributed by atoms with Crippen LogP contribution < -0.4 is 10.6 Å². The van der Waals surface area contributed by atoms with Crippen molar-refractivity contribution in [3.63, 3.8) is 0 Å². The van der Waals surface area contributed by atoms with E-state index in [2.05, 4.69) is 10.6 Å². The first-order valence-electron chi connectivity index (χ1n) is 7.05. The maximum atomic E-state index is 13.0. The van der Waals surface area contributed by atoms with Gasteiger partial charge in [-0.05, 0) is 43.7 Å². The number of hydrogen-bond donors (Lipinski definition) is 3. The second-order valence-electron chi connectivity index (χ2n) is 5.47. The summed E-state index contributed by atoms with van der Waals surface area (Å²) in [6.45, 7) is 3.23. The van der Waals surface area contributed by atoms with Crippen molar-refractivity contribution in [1.82, 2.24) is 10.6 Å². The number of furan rings is 1. The van der Waals surface area contributed by atoms with E-state index in [0.29, 0.717) is 11.3 Å². The molecule has 0 aliphatic rings. The van der Waals surface area contributed by atoms with Crippen LogP contribution in [0.15, 0.2) is 41.0 Å². The van der Waals surface area contributed by atoms with Gasteiger partial charge in [-0.1, -0.05) is 17.7 Å². The van der Waals surface area contributed by atoms with E-state index in [4.69, 9.17) is 16.0 Å². The number of rotatable bonds is 5. The predicted octanol–water partition coefficient (Wildman–Crippen LogP) is 3.34. The Bertz CT molecular complexity index is 674. The monoisotopic (exact) mass is 340 g/mol. The van der Waals surface area contributed by atoms with E-state index in [1.807, 2.05) is 0 Å². The average Bonchev–Trinajstić information content (AvgIpc) is 3.00. The van der Waals surface area contributed by atoms with Crippen LogP contribution in [0.25, 0.3) is 0 Å². The molecule has 2 rings (SSSR count). The molecule has 2 atom stereocenters. The quantitative estimate of drug-likeness (QED) is 0.781. The SMILES string of the molecule is CC(NC(=O)NCC(C)(O)c1ccco1)c1ccc(F)cc1Cl. The Labute approximate surface area is 138 Å². The third kappa shape index (κ3) is 4.46. The highest BCUT2D eigenvalue weighted by molar-refractivity contribution is 6.31. The minimum absolute atomic E-state index is 0.0315. The second kappa shape index (κ2) is 7.02. The molecule has 0 aliphatic heterocycles. The molecule has 0 saturated heterocycles. The van der Waals surface area contributed by atoms with E-state index < -0.39 is 23.5 Å². The molecule has 5 nitrogen and oxygen atoms in total. The standard InChI is InChI=1S/C16H18ClFN2O3/c1-10(12-6-5-11(18)8-13(12)17)20-15(21)19-9-16(2,22)14-4-3-7-23-14/h3-8,10,22H,9H2,1-2H3,(H2,19,20,21). The summed E-state index contributed by atoms with van der Waals surface area (Å²) in [6, 6.07) is 6.36. The molecule has 23 heavy (non-hydrogen) atoms. The Hall–Kier alpha value is -2.05. The summed E-state index contributed by atoms with van der Waals surface area (Å²) in [5.74, 6) is -0.0858. The highest BCUT2D eigenvalue weighted by Gasteiger charge is 2.27. The van der Waals surface area contributed by atoms with Gasteiger partial charge in [-0.15, -0.1) is 0 Å². The Morgan fingerprint density at radius 3 is 2.83 bits per heavy atom. The number of urea groups is 1. The van der Waals surface area contributed by atoms with Crippen molar-refractivity contribution in [3.8, 4) is 0 Å². The van der Waals surface area contributed by atoms with Crippen LogP contribution in [0.4, 0.5) is 9.18 Å². The summed E-state index contributed by atoms with van der Waals surface area (Å²) < 4.78 is 18.2. The molecule has 0 radical (unpaired) electrons. The van der Waals surface area contributed by atoms with Crippen LogP contribution in [0.2, 0.25) is 5.02 Å². The lowest BCUT2D eigenvalue weighted by atomic mass is 10.0. The van der Waals surface area contributed by atoms with E-state index in [9.17, 15) is 14.3 Å². The van der Waals surface area contributed by atoms with Crippen LogP contribution in [-0.4, -0.2) is 17.7 Å². The molecule has 7 heteroatoms. The molecule has 0 bridgehead atoms. The minimum Gasteiger partial charge on any atom is -0.466 e. The number of nitrogens with one attached hydrogen (secondary N) is 2. The Kier molecular flexibility index (Phi) is 5.28. The largest absolute Gasteiger partial charge is 0.466 e. The van der Waals surface area contributed by atoms with Gasteiger partial charge in [0.2, 0.25) is 0 Å². The van der Waals surface area contributed by atoms with Crippen molar-refractivity contribution in [2.75, 3.05) is 6.54 Å². The first-order chi connectivity index (χ1) is 10.8. The lowest BCUT2D eigenvalue weighted by Crippen LogP contribution is -2.44. The van der Waals surface area contributed by atoms with Gasteiger partial charge < -0.3 is 20.2 Å². The van der Waals surface area contributed by atoms with Crippen LogP contribution in [0, 0.1) is 5.82 Å². The Balaban J connectivity index is 1.92.